The van der Waals surface area contributed by atoms with Gasteiger partial charge in [-0.3, -0.25) is 0 Å². The van der Waals surface area contributed by atoms with Crippen LogP contribution in [0.1, 0.15) is 38.8 Å². The molecule has 1 heterocycles. The van der Waals surface area contributed by atoms with Gasteiger partial charge in [0.25, 0.3) is 0 Å². The summed E-state index contributed by atoms with van der Waals surface area (Å²) < 4.78 is 10.6. The quantitative estimate of drug-likeness (QED) is 0.725. The van der Waals surface area contributed by atoms with Crippen molar-refractivity contribution in [2.24, 2.45) is 0 Å². The molecule has 0 aromatic heterocycles. The van der Waals surface area contributed by atoms with Crippen LogP contribution in [0.5, 0.6) is 5.75 Å². The number of carbonyl (C=O) groups is 2. The zero-order valence-corrected chi connectivity index (χ0v) is 15.8. The lowest BCUT2D eigenvalue weighted by Gasteiger charge is -2.28. The monoisotopic (exact) mass is 386 g/mol. The van der Waals surface area contributed by atoms with Crippen molar-refractivity contribution < 1.29 is 19.1 Å². The molecule has 1 unspecified atom stereocenters. The lowest BCUT2D eigenvalue weighted by Crippen LogP contribution is -2.45. The molecule has 2 N–H and O–H groups in total. The standard InChI is InChI=1S/C17H20Cl2N2O4/c1-4-6-25-15-11(18)7-10(8-12(15)19)14-13(16(22)24-5-2)9(3)20-17(23)21-14/h7-8,14H,4-6H2,1-3H3,(H2,20,21,23). The maximum atomic E-state index is 12.3. The first-order valence-electron chi connectivity index (χ1n) is 7.96. The molecule has 1 aliphatic rings. The number of amides is 2. The van der Waals surface area contributed by atoms with Crippen LogP contribution in [-0.4, -0.2) is 25.2 Å². The van der Waals surface area contributed by atoms with Gasteiger partial charge in [-0.25, -0.2) is 9.59 Å². The molecule has 8 heteroatoms. The summed E-state index contributed by atoms with van der Waals surface area (Å²) in [6, 6.07) is 2.11. The Balaban J connectivity index is 2.45. The second-order valence-corrected chi connectivity index (χ2v) is 6.27. The molecule has 1 aromatic rings. The number of rotatable bonds is 6. The molecule has 0 saturated carbocycles. The fourth-order valence-electron chi connectivity index (χ4n) is 2.51. The third kappa shape index (κ3) is 4.38. The van der Waals surface area contributed by atoms with Gasteiger partial charge < -0.3 is 20.1 Å². The highest BCUT2D eigenvalue weighted by Gasteiger charge is 2.33. The first kappa shape index (κ1) is 19.4. The van der Waals surface area contributed by atoms with Gasteiger partial charge in [0.2, 0.25) is 0 Å². The van der Waals surface area contributed by atoms with E-state index in [0.29, 0.717) is 39.2 Å². The van der Waals surface area contributed by atoms with Crippen LogP contribution in [0.3, 0.4) is 0 Å². The number of nitrogens with one attached hydrogen (secondary N) is 2. The molecule has 0 radical (unpaired) electrons. The number of benzene rings is 1. The number of hydrogen-bond donors (Lipinski definition) is 2. The molecule has 1 aromatic carbocycles. The Hall–Kier alpha value is -1.92. The van der Waals surface area contributed by atoms with Crippen LogP contribution in [0.15, 0.2) is 23.4 Å². The van der Waals surface area contributed by atoms with E-state index in [1.807, 2.05) is 6.92 Å². The molecule has 1 atom stereocenters. The van der Waals surface area contributed by atoms with Gasteiger partial charge in [0.15, 0.2) is 5.75 Å². The predicted molar refractivity (Wildman–Crippen MR) is 96.0 cm³/mol. The van der Waals surface area contributed by atoms with Crippen LogP contribution in [-0.2, 0) is 9.53 Å². The van der Waals surface area contributed by atoms with Gasteiger partial charge in [0.1, 0.15) is 0 Å². The van der Waals surface area contributed by atoms with Gasteiger partial charge in [0, 0.05) is 5.70 Å². The van der Waals surface area contributed by atoms with E-state index in [-0.39, 0.29) is 6.61 Å². The minimum atomic E-state index is -0.719. The maximum Gasteiger partial charge on any atom is 0.338 e. The molecule has 6 nitrogen and oxygen atoms in total. The van der Waals surface area contributed by atoms with Crippen LogP contribution in [0, 0.1) is 0 Å². The van der Waals surface area contributed by atoms with Gasteiger partial charge in [0.05, 0.1) is 34.9 Å². The first-order chi connectivity index (χ1) is 11.9. The summed E-state index contributed by atoms with van der Waals surface area (Å²) in [6.07, 6.45) is 0.813. The molecule has 0 fully saturated rings. The number of halogens is 2. The summed E-state index contributed by atoms with van der Waals surface area (Å²) in [6.45, 7) is 6.03. The van der Waals surface area contributed by atoms with Crippen molar-refractivity contribution >= 4 is 35.2 Å². The Bertz CT molecular complexity index is 696. The highest BCUT2D eigenvalue weighted by atomic mass is 35.5. The van der Waals surface area contributed by atoms with E-state index in [1.165, 1.54) is 0 Å². The van der Waals surface area contributed by atoms with Crippen molar-refractivity contribution in [1.82, 2.24) is 10.6 Å². The lowest BCUT2D eigenvalue weighted by atomic mass is 9.95. The fourth-order valence-corrected chi connectivity index (χ4v) is 3.12. The van der Waals surface area contributed by atoms with E-state index in [2.05, 4.69) is 10.6 Å². The summed E-state index contributed by atoms with van der Waals surface area (Å²) in [5, 5.41) is 5.90. The normalized spacial score (nSPS) is 17.0. The zero-order chi connectivity index (χ0) is 18.6. The summed E-state index contributed by atoms with van der Waals surface area (Å²) in [5.74, 6) is -0.136. The van der Waals surface area contributed by atoms with Crippen LogP contribution in [0.25, 0.3) is 0 Å². The molecule has 2 rings (SSSR count). The smallest absolute Gasteiger partial charge is 0.338 e. The van der Waals surface area contributed by atoms with Crippen LogP contribution >= 0.6 is 23.2 Å². The van der Waals surface area contributed by atoms with Gasteiger partial charge in [-0.1, -0.05) is 30.1 Å². The van der Waals surface area contributed by atoms with Crippen molar-refractivity contribution in [3.63, 3.8) is 0 Å². The van der Waals surface area contributed by atoms with E-state index in [0.717, 1.165) is 6.42 Å². The van der Waals surface area contributed by atoms with Crippen LogP contribution in [0.2, 0.25) is 10.0 Å². The third-order valence-electron chi connectivity index (χ3n) is 3.57. The Morgan fingerprint density at radius 3 is 2.44 bits per heavy atom. The number of allylic oxidation sites excluding steroid dienone is 1. The Labute approximate surface area is 156 Å². The Morgan fingerprint density at radius 2 is 1.88 bits per heavy atom. The van der Waals surface area contributed by atoms with Crippen molar-refractivity contribution in [3.05, 3.63) is 39.0 Å². The lowest BCUT2D eigenvalue weighted by molar-refractivity contribution is -0.139. The van der Waals surface area contributed by atoms with E-state index in [4.69, 9.17) is 32.7 Å². The van der Waals surface area contributed by atoms with E-state index < -0.39 is 18.0 Å². The zero-order valence-electron chi connectivity index (χ0n) is 14.2. The van der Waals surface area contributed by atoms with Crippen molar-refractivity contribution in [3.8, 4) is 5.75 Å². The second kappa shape index (κ2) is 8.45. The highest BCUT2D eigenvalue weighted by molar-refractivity contribution is 6.37. The molecular formula is C17H20Cl2N2O4. The number of carbonyl (C=O) groups excluding carboxylic acids is 2. The van der Waals surface area contributed by atoms with Crippen molar-refractivity contribution in [2.75, 3.05) is 13.2 Å². The first-order valence-corrected chi connectivity index (χ1v) is 8.71. The number of esters is 1. The van der Waals surface area contributed by atoms with E-state index in [9.17, 15) is 9.59 Å². The SMILES string of the molecule is CCCOc1c(Cl)cc(C2NC(=O)NC(C)=C2C(=O)OCC)cc1Cl. The summed E-state index contributed by atoms with van der Waals surface area (Å²) >= 11 is 12.6. The molecule has 0 bridgehead atoms. The van der Waals surface area contributed by atoms with Crippen molar-refractivity contribution in [1.29, 1.82) is 0 Å². The minimum absolute atomic E-state index is 0.224. The summed E-state index contributed by atoms with van der Waals surface area (Å²) in [7, 11) is 0. The van der Waals surface area contributed by atoms with Gasteiger partial charge in [-0.2, -0.15) is 0 Å². The predicted octanol–water partition coefficient (Wildman–Crippen LogP) is 3.97. The molecule has 0 spiro atoms. The average Bonchev–Trinajstić information content (AvgIpc) is 2.53. The second-order valence-electron chi connectivity index (χ2n) is 5.45. The molecule has 2 amide bonds. The van der Waals surface area contributed by atoms with E-state index >= 15 is 0 Å². The Kier molecular flexibility index (Phi) is 6.56. The largest absolute Gasteiger partial charge is 0.490 e. The van der Waals surface area contributed by atoms with Gasteiger partial charge >= 0.3 is 12.0 Å². The number of ether oxygens (including phenoxy) is 2. The Morgan fingerprint density at radius 1 is 1.24 bits per heavy atom. The van der Waals surface area contributed by atoms with Gasteiger partial charge in [-0.05, 0) is 38.0 Å². The molecule has 0 saturated heterocycles. The fraction of sp³-hybridized carbons (Fsp3) is 0.412. The molecular weight excluding hydrogens is 367 g/mol. The van der Waals surface area contributed by atoms with Gasteiger partial charge in [-0.15, -0.1) is 0 Å². The highest BCUT2D eigenvalue weighted by Crippen LogP contribution is 2.38. The molecule has 1 aliphatic heterocycles. The van der Waals surface area contributed by atoms with Crippen molar-refractivity contribution in [2.45, 2.75) is 33.2 Å². The van der Waals surface area contributed by atoms with Crippen LogP contribution in [0.4, 0.5) is 4.79 Å². The summed E-state index contributed by atoms with van der Waals surface area (Å²) in [4.78, 5) is 24.2. The molecule has 0 aliphatic carbocycles. The molecule has 25 heavy (non-hydrogen) atoms. The third-order valence-corrected chi connectivity index (χ3v) is 4.13. The topological polar surface area (TPSA) is 76.7 Å². The number of hydrogen-bond acceptors (Lipinski definition) is 4. The average molecular weight is 387 g/mol. The summed E-state index contributed by atoms with van der Waals surface area (Å²) in [5.41, 5.74) is 1.29. The number of urea groups is 1. The molecule has 136 valence electrons. The van der Waals surface area contributed by atoms with E-state index in [1.54, 1.807) is 26.0 Å². The maximum absolute atomic E-state index is 12.3. The van der Waals surface area contributed by atoms with Crippen LogP contribution < -0.4 is 15.4 Å². The minimum Gasteiger partial charge on any atom is -0.490 e.